The van der Waals surface area contributed by atoms with E-state index in [1.807, 2.05) is 0 Å². The van der Waals surface area contributed by atoms with Crippen LogP contribution in [0.2, 0.25) is 5.02 Å². The molecule has 0 aromatic heterocycles. The van der Waals surface area contributed by atoms with Crippen LogP contribution < -0.4 is 14.2 Å². The lowest BCUT2D eigenvalue weighted by Gasteiger charge is -2.20. The second-order valence-electron chi connectivity index (χ2n) is 4.39. The van der Waals surface area contributed by atoms with Gasteiger partial charge in [0, 0.05) is 18.6 Å². The highest BCUT2D eigenvalue weighted by Gasteiger charge is 2.18. The van der Waals surface area contributed by atoms with Crippen LogP contribution in [0.15, 0.2) is 12.1 Å². The molecule has 0 aliphatic carbocycles. The van der Waals surface area contributed by atoms with Gasteiger partial charge in [0.1, 0.15) is 13.2 Å². The molecule has 9 heteroatoms. The summed E-state index contributed by atoms with van der Waals surface area (Å²) >= 11 is 6.00. The van der Waals surface area contributed by atoms with Crippen LogP contribution in [0.1, 0.15) is 12.8 Å². The molecule has 21 heavy (non-hydrogen) atoms. The molecule has 2 N–H and O–H groups in total. The van der Waals surface area contributed by atoms with Crippen LogP contribution in [0, 0.1) is 0 Å². The Labute approximate surface area is 126 Å². The Morgan fingerprint density at radius 2 is 1.90 bits per heavy atom. The summed E-state index contributed by atoms with van der Waals surface area (Å²) in [6.07, 6.45) is -0.192. The van der Waals surface area contributed by atoms with E-state index in [9.17, 15) is 13.2 Å². The van der Waals surface area contributed by atoms with Gasteiger partial charge in [-0.25, -0.2) is 8.42 Å². The van der Waals surface area contributed by atoms with Crippen LogP contribution >= 0.6 is 11.6 Å². The number of anilines is 1. The first-order chi connectivity index (χ1) is 9.87. The minimum atomic E-state index is -3.67. The average Bonchev–Trinajstić information content (AvgIpc) is 2.38. The molecule has 7 nitrogen and oxygen atoms in total. The summed E-state index contributed by atoms with van der Waals surface area (Å²) in [5, 5.41) is 8.69. The molecule has 0 bridgehead atoms. The van der Waals surface area contributed by atoms with Gasteiger partial charge in [-0.15, -0.1) is 0 Å². The number of sulfonamides is 1. The third-order valence-electron chi connectivity index (χ3n) is 2.70. The van der Waals surface area contributed by atoms with Gasteiger partial charge in [0.2, 0.25) is 10.0 Å². The number of rotatable bonds is 6. The zero-order valence-electron chi connectivity index (χ0n) is 11.0. The molecule has 0 fully saturated rings. The molecule has 1 heterocycles. The lowest BCUT2D eigenvalue weighted by Crippen LogP contribution is -2.19. The number of fused-ring (bicyclic) bond motifs is 1. The van der Waals surface area contributed by atoms with E-state index in [0.29, 0.717) is 24.7 Å². The van der Waals surface area contributed by atoms with Crippen molar-refractivity contribution in [3.05, 3.63) is 17.2 Å². The number of hydrogen-bond acceptors (Lipinski definition) is 5. The molecule has 2 rings (SSSR count). The smallest absolute Gasteiger partial charge is 0.303 e. The Morgan fingerprint density at radius 1 is 1.29 bits per heavy atom. The number of nitrogens with one attached hydrogen (secondary N) is 1. The van der Waals surface area contributed by atoms with E-state index in [1.165, 1.54) is 12.1 Å². The lowest BCUT2D eigenvalue weighted by molar-refractivity contribution is -0.137. The highest BCUT2D eigenvalue weighted by Crippen LogP contribution is 2.38. The first kappa shape index (κ1) is 15.7. The molecule has 0 saturated heterocycles. The zero-order chi connectivity index (χ0) is 15.5. The summed E-state index contributed by atoms with van der Waals surface area (Å²) < 4.78 is 36.7. The standard InChI is InChI=1S/C12H14ClNO6S/c13-8-6-10-11(20-4-3-19-10)7-9(8)14-21(17,18)5-1-2-12(15)16/h6-7,14H,1-5H2,(H,15,16). The maximum atomic E-state index is 11.9. The Morgan fingerprint density at radius 3 is 2.52 bits per heavy atom. The zero-order valence-corrected chi connectivity index (χ0v) is 12.5. The topological polar surface area (TPSA) is 102 Å². The molecule has 0 saturated carbocycles. The van der Waals surface area contributed by atoms with Crippen molar-refractivity contribution in [1.82, 2.24) is 0 Å². The van der Waals surface area contributed by atoms with Crippen molar-refractivity contribution in [3.8, 4) is 11.5 Å². The maximum absolute atomic E-state index is 11.9. The molecule has 0 unspecified atom stereocenters. The molecule has 0 spiro atoms. The number of benzene rings is 1. The first-order valence-electron chi connectivity index (χ1n) is 6.19. The summed E-state index contributed by atoms with van der Waals surface area (Å²) in [7, 11) is -3.67. The third-order valence-corrected chi connectivity index (χ3v) is 4.37. The molecule has 1 aromatic carbocycles. The molecule has 0 atom stereocenters. The van der Waals surface area contributed by atoms with Crippen molar-refractivity contribution >= 4 is 33.3 Å². The number of carbonyl (C=O) groups is 1. The van der Waals surface area contributed by atoms with Gasteiger partial charge in [0.05, 0.1) is 16.5 Å². The van der Waals surface area contributed by atoms with Gasteiger partial charge < -0.3 is 14.6 Å². The fourth-order valence-electron chi connectivity index (χ4n) is 1.77. The SMILES string of the molecule is O=C(O)CCCS(=O)(=O)Nc1cc2c(cc1Cl)OCCO2. The molecular formula is C12H14ClNO6S. The van der Waals surface area contributed by atoms with Gasteiger partial charge in [-0.05, 0) is 6.42 Å². The fourth-order valence-corrected chi connectivity index (χ4v) is 3.16. The Kier molecular flexibility index (Phi) is 4.79. The molecule has 0 radical (unpaired) electrons. The van der Waals surface area contributed by atoms with E-state index in [2.05, 4.69) is 4.72 Å². The largest absolute Gasteiger partial charge is 0.486 e. The third kappa shape index (κ3) is 4.40. The van der Waals surface area contributed by atoms with Gasteiger partial charge in [0.25, 0.3) is 0 Å². The van der Waals surface area contributed by atoms with Gasteiger partial charge in [0.15, 0.2) is 11.5 Å². The van der Waals surface area contributed by atoms with Gasteiger partial charge in [-0.1, -0.05) is 11.6 Å². The van der Waals surface area contributed by atoms with Crippen LogP contribution in [0.25, 0.3) is 0 Å². The molecule has 1 aromatic rings. The monoisotopic (exact) mass is 335 g/mol. The Bertz CT molecular complexity index is 645. The van der Waals surface area contributed by atoms with Crippen molar-refractivity contribution in [3.63, 3.8) is 0 Å². The number of aliphatic carboxylic acids is 1. The molecule has 1 aliphatic rings. The molecule has 1 aliphatic heterocycles. The minimum absolute atomic E-state index is 0.0207. The number of hydrogen-bond donors (Lipinski definition) is 2. The van der Waals surface area contributed by atoms with E-state index in [-0.39, 0.29) is 29.3 Å². The van der Waals surface area contributed by atoms with Crippen LogP contribution in [-0.2, 0) is 14.8 Å². The number of halogens is 1. The Balaban J connectivity index is 2.09. The van der Waals surface area contributed by atoms with Crippen molar-refractivity contribution in [2.24, 2.45) is 0 Å². The van der Waals surface area contributed by atoms with Crippen molar-refractivity contribution in [1.29, 1.82) is 0 Å². The average molecular weight is 336 g/mol. The number of carboxylic acid groups (broad SMARTS) is 1. The quantitative estimate of drug-likeness (QED) is 0.820. The summed E-state index contributed by atoms with van der Waals surface area (Å²) in [6, 6.07) is 2.93. The van der Waals surface area contributed by atoms with Gasteiger partial charge >= 0.3 is 5.97 Å². The van der Waals surface area contributed by atoms with E-state index < -0.39 is 16.0 Å². The highest BCUT2D eigenvalue weighted by atomic mass is 35.5. The van der Waals surface area contributed by atoms with E-state index in [0.717, 1.165) is 0 Å². The number of ether oxygens (including phenoxy) is 2. The van der Waals surface area contributed by atoms with E-state index in [1.54, 1.807) is 0 Å². The predicted octanol–water partition coefficient (Wildman–Crippen LogP) is 1.72. The van der Waals surface area contributed by atoms with Crippen LogP contribution in [-0.4, -0.2) is 38.5 Å². The molecule has 116 valence electrons. The first-order valence-corrected chi connectivity index (χ1v) is 8.22. The van der Waals surface area contributed by atoms with Crippen molar-refractivity contribution in [2.75, 3.05) is 23.7 Å². The van der Waals surface area contributed by atoms with Gasteiger partial charge in [-0.2, -0.15) is 0 Å². The van der Waals surface area contributed by atoms with Crippen LogP contribution in [0.4, 0.5) is 5.69 Å². The summed E-state index contributed by atoms with van der Waals surface area (Å²) in [6.45, 7) is 0.781. The van der Waals surface area contributed by atoms with Crippen LogP contribution in [0.5, 0.6) is 11.5 Å². The van der Waals surface area contributed by atoms with E-state index >= 15 is 0 Å². The summed E-state index contributed by atoms with van der Waals surface area (Å²) in [5.41, 5.74) is 0.177. The fraction of sp³-hybridized carbons (Fsp3) is 0.417. The highest BCUT2D eigenvalue weighted by molar-refractivity contribution is 7.92. The predicted molar refractivity (Wildman–Crippen MR) is 76.7 cm³/mol. The normalized spacial score (nSPS) is 13.8. The lowest BCUT2D eigenvalue weighted by atomic mass is 10.2. The van der Waals surface area contributed by atoms with Gasteiger partial charge in [-0.3, -0.25) is 9.52 Å². The summed E-state index contributed by atoms with van der Waals surface area (Å²) in [5.74, 6) is -0.471. The number of carboxylic acids is 1. The van der Waals surface area contributed by atoms with Crippen LogP contribution in [0.3, 0.4) is 0 Å². The van der Waals surface area contributed by atoms with Crippen molar-refractivity contribution < 1.29 is 27.8 Å². The summed E-state index contributed by atoms with van der Waals surface area (Å²) in [4.78, 5) is 10.4. The maximum Gasteiger partial charge on any atom is 0.303 e. The van der Waals surface area contributed by atoms with E-state index in [4.69, 9.17) is 26.2 Å². The second-order valence-corrected chi connectivity index (χ2v) is 6.64. The minimum Gasteiger partial charge on any atom is -0.486 e. The Hall–Kier alpha value is -1.67. The molecular weight excluding hydrogens is 322 g/mol. The van der Waals surface area contributed by atoms with Crippen molar-refractivity contribution in [2.45, 2.75) is 12.8 Å². The second kappa shape index (κ2) is 6.40. The molecule has 0 amide bonds.